The summed E-state index contributed by atoms with van der Waals surface area (Å²) in [6.45, 7) is 2.04. The van der Waals surface area contributed by atoms with E-state index >= 15 is 0 Å². The highest BCUT2D eigenvalue weighted by molar-refractivity contribution is 5.85. The molecule has 80 valence electrons. The lowest BCUT2D eigenvalue weighted by Gasteiger charge is -2.16. The molecule has 4 heteroatoms. The van der Waals surface area contributed by atoms with E-state index in [9.17, 15) is 0 Å². The van der Waals surface area contributed by atoms with Gasteiger partial charge in [-0.05, 0) is 17.2 Å². The van der Waals surface area contributed by atoms with Crippen LogP contribution in [0.1, 0.15) is 11.1 Å². The van der Waals surface area contributed by atoms with Crippen LogP contribution in [0, 0.1) is 0 Å². The van der Waals surface area contributed by atoms with E-state index < -0.39 is 0 Å². The van der Waals surface area contributed by atoms with E-state index in [1.165, 1.54) is 16.8 Å². The van der Waals surface area contributed by atoms with Crippen LogP contribution in [0.25, 0.3) is 0 Å². The predicted molar refractivity (Wildman–Crippen MR) is 65.8 cm³/mol. The van der Waals surface area contributed by atoms with E-state index in [0.717, 1.165) is 13.1 Å². The van der Waals surface area contributed by atoms with Crippen molar-refractivity contribution in [3.05, 3.63) is 29.3 Å². The minimum absolute atomic E-state index is 0. The van der Waals surface area contributed by atoms with Gasteiger partial charge in [0.05, 0.1) is 0 Å². The number of rotatable bonds is 1. The zero-order valence-electron chi connectivity index (χ0n) is 8.41. The van der Waals surface area contributed by atoms with E-state index in [-0.39, 0.29) is 24.8 Å². The van der Waals surface area contributed by atoms with E-state index in [0.29, 0.717) is 0 Å². The monoisotopic (exact) mass is 234 g/mol. The van der Waals surface area contributed by atoms with Crippen molar-refractivity contribution in [2.75, 3.05) is 19.0 Å². The minimum Gasteiger partial charge on any atom is -0.377 e. The molecule has 0 bridgehead atoms. The molecule has 0 spiro atoms. The molecule has 0 unspecified atom stereocenters. The van der Waals surface area contributed by atoms with Gasteiger partial charge >= 0.3 is 0 Å². The van der Waals surface area contributed by atoms with Gasteiger partial charge in [0, 0.05) is 32.9 Å². The molecule has 2 nitrogen and oxygen atoms in total. The van der Waals surface area contributed by atoms with Crippen LogP contribution in [0.4, 0.5) is 5.69 Å². The van der Waals surface area contributed by atoms with Gasteiger partial charge in [0.2, 0.25) is 0 Å². The van der Waals surface area contributed by atoms with Crippen LogP contribution in [0.2, 0.25) is 0 Å². The lowest BCUT2D eigenvalue weighted by atomic mass is 10.1. The van der Waals surface area contributed by atoms with Gasteiger partial charge in [0.25, 0.3) is 0 Å². The van der Waals surface area contributed by atoms with E-state index in [1.54, 1.807) is 0 Å². The Morgan fingerprint density at radius 3 is 2.50 bits per heavy atom. The fourth-order valence-corrected chi connectivity index (χ4v) is 1.73. The quantitative estimate of drug-likeness (QED) is 0.802. The normalized spacial score (nSPS) is 12.4. The van der Waals surface area contributed by atoms with Crippen LogP contribution in [0.5, 0.6) is 0 Å². The molecule has 0 fully saturated rings. The zero-order chi connectivity index (χ0) is 8.55. The Morgan fingerprint density at radius 1 is 1.14 bits per heavy atom. The average Bonchev–Trinajstić information content (AvgIpc) is 2.49. The molecule has 2 rings (SSSR count). The Hall–Kier alpha value is -0.440. The summed E-state index contributed by atoms with van der Waals surface area (Å²) in [4.78, 5) is 2.17. The third kappa shape index (κ3) is 2.32. The Kier molecular flexibility index (Phi) is 5.27. The molecule has 1 aromatic carbocycles. The van der Waals surface area contributed by atoms with Gasteiger partial charge in [-0.1, -0.05) is 12.1 Å². The Balaban J connectivity index is 0.000000845. The van der Waals surface area contributed by atoms with E-state index in [4.69, 9.17) is 0 Å². The third-order valence-electron chi connectivity index (χ3n) is 2.35. The molecule has 1 aromatic rings. The Labute approximate surface area is 97.5 Å². The molecule has 1 heterocycles. The summed E-state index contributed by atoms with van der Waals surface area (Å²) in [5.41, 5.74) is 4.25. The lowest BCUT2D eigenvalue weighted by Crippen LogP contribution is -2.11. The standard InChI is InChI=1S/C10H14N2.2ClH/c1-12(2)10-5-3-4-8-6-11-7-9(8)10;;/h3-5,11H,6-7H2,1-2H3;2*1H. The lowest BCUT2D eigenvalue weighted by molar-refractivity contribution is 0.764. The highest BCUT2D eigenvalue weighted by atomic mass is 35.5. The molecule has 0 aromatic heterocycles. The number of fused-ring (bicyclic) bond motifs is 1. The average molecular weight is 235 g/mol. The Morgan fingerprint density at radius 2 is 1.86 bits per heavy atom. The van der Waals surface area contributed by atoms with Gasteiger partial charge in [-0.2, -0.15) is 0 Å². The van der Waals surface area contributed by atoms with Gasteiger partial charge in [-0.25, -0.2) is 0 Å². The Bertz CT molecular complexity index is 300. The number of benzene rings is 1. The van der Waals surface area contributed by atoms with Crippen molar-refractivity contribution in [1.29, 1.82) is 0 Å². The van der Waals surface area contributed by atoms with Crippen LogP contribution in [-0.2, 0) is 13.1 Å². The number of halogens is 2. The van der Waals surface area contributed by atoms with Crippen molar-refractivity contribution >= 4 is 30.5 Å². The summed E-state index contributed by atoms with van der Waals surface area (Å²) in [7, 11) is 4.18. The summed E-state index contributed by atoms with van der Waals surface area (Å²) in [5, 5.41) is 3.36. The molecule has 0 amide bonds. The molecule has 0 atom stereocenters. The maximum Gasteiger partial charge on any atom is 0.0409 e. The fraction of sp³-hybridized carbons (Fsp3) is 0.400. The summed E-state index contributed by atoms with van der Waals surface area (Å²) in [6.07, 6.45) is 0. The molecule has 0 saturated carbocycles. The summed E-state index contributed by atoms with van der Waals surface area (Å²) in [5.74, 6) is 0. The number of nitrogens with zero attached hydrogens (tertiary/aromatic N) is 1. The van der Waals surface area contributed by atoms with Crippen molar-refractivity contribution in [3.8, 4) is 0 Å². The second-order valence-corrected chi connectivity index (χ2v) is 3.41. The van der Waals surface area contributed by atoms with Crippen LogP contribution in [0.15, 0.2) is 18.2 Å². The highest BCUT2D eigenvalue weighted by Crippen LogP contribution is 2.25. The number of hydrogen-bond acceptors (Lipinski definition) is 2. The first kappa shape index (κ1) is 13.6. The maximum atomic E-state index is 3.36. The molecule has 1 aliphatic heterocycles. The molecule has 0 radical (unpaired) electrons. The van der Waals surface area contributed by atoms with Crippen molar-refractivity contribution in [2.24, 2.45) is 0 Å². The van der Waals surface area contributed by atoms with Crippen LogP contribution in [0.3, 0.4) is 0 Å². The maximum absolute atomic E-state index is 3.36. The summed E-state index contributed by atoms with van der Waals surface area (Å²) in [6, 6.07) is 6.50. The van der Waals surface area contributed by atoms with Crippen molar-refractivity contribution in [2.45, 2.75) is 13.1 Å². The molecule has 0 saturated heterocycles. The van der Waals surface area contributed by atoms with E-state index in [2.05, 4.69) is 42.5 Å². The second kappa shape index (κ2) is 5.44. The number of anilines is 1. The molecular formula is C10H16Cl2N2. The highest BCUT2D eigenvalue weighted by Gasteiger charge is 2.13. The SMILES string of the molecule is CN(C)c1cccc2c1CNC2.Cl.Cl. The van der Waals surface area contributed by atoms with Gasteiger partial charge in [0.15, 0.2) is 0 Å². The molecular weight excluding hydrogens is 219 g/mol. The third-order valence-corrected chi connectivity index (χ3v) is 2.35. The first-order chi connectivity index (χ1) is 5.79. The first-order valence-corrected chi connectivity index (χ1v) is 4.28. The summed E-state index contributed by atoms with van der Waals surface area (Å²) >= 11 is 0. The van der Waals surface area contributed by atoms with Gasteiger partial charge in [-0.3, -0.25) is 0 Å². The van der Waals surface area contributed by atoms with Crippen LogP contribution < -0.4 is 10.2 Å². The van der Waals surface area contributed by atoms with Crippen molar-refractivity contribution in [1.82, 2.24) is 5.32 Å². The van der Waals surface area contributed by atoms with Gasteiger partial charge < -0.3 is 10.2 Å². The fourth-order valence-electron chi connectivity index (χ4n) is 1.73. The minimum atomic E-state index is 0. The molecule has 1 N–H and O–H groups in total. The smallest absolute Gasteiger partial charge is 0.0409 e. The molecule has 14 heavy (non-hydrogen) atoms. The zero-order valence-corrected chi connectivity index (χ0v) is 10.0. The first-order valence-electron chi connectivity index (χ1n) is 4.28. The van der Waals surface area contributed by atoms with Crippen molar-refractivity contribution in [3.63, 3.8) is 0 Å². The number of nitrogens with one attached hydrogen (secondary N) is 1. The van der Waals surface area contributed by atoms with Gasteiger partial charge in [-0.15, -0.1) is 24.8 Å². The largest absolute Gasteiger partial charge is 0.377 e. The topological polar surface area (TPSA) is 15.3 Å². The van der Waals surface area contributed by atoms with E-state index in [1.807, 2.05) is 0 Å². The molecule has 1 aliphatic rings. The predicted octanol–water partition coefficient (Wildman–Crippen LogP) is 2.20. The van der Waals surface area contributed by atoms with Crippen LogP contribution >= 0.6 is 24.8 Å². The second-order valence-electron chi connectivity index (χ2n) is 3.41. The van der Waals surface area contributed by atoms with Crippen LogP contribution in [-0.4, -0.2) is 14.1 Å². The number of hydrogen-bond donors (Lipinski definition) is 1. The summed E-state index contributed by atoms with van der Waals surface area (Å²) < 4.78 is 0. The molecule has 0 aliphatic carbocycles. The van der Waals surface area contributed by atoms with Gasteiger partial charge in [0.1, 0.15) is 0 Å². The van der Waals surface area contributed by atoms with Crippen molar-refractivity contribution < 1.29 is 0 Å².